The molecule has 2 bridgehead atoms. The number of hydrogen-bond acceptors (Lipinski definition) is 1. The third-order valence-electron chi connectivity index (χ3n) is 6.48. The molecule has 4 fully saturated rings. The molecule has 1 amide bonds. The Hall–Kier alpha value is -0.530. The number of rotatable bonds is 2. The maximum Gasteiger partial charge on any atom is 0.223 e. The van der Waals surface area contributed by atoms with E-state index in [9.17, 15) is 4.79 Å². The van der Waals surface area contributed by atoms with Gasteiger partial charge in [0.25, 0.3) is 0 Å². The second kappa shape index (κ2) is 4.25. The first-order valence-electron chi connectivity index (χ1n) is 8.13. The van der Waals surface area contributed by atoms with Crippen LogP contribution in [0.3, 0.4) is 0 Å². The maximum atomic E-state index is 12.3. The molecule has 0 spiro atoms. The molecule has 4 aliphatic carbocycles. The molecule has 1 N–H and O–H groups in total. The summed E-state index contributed by atoms with van der Waals surface area (Å²) in [7, 11) is 0. The van der Waals surface area contributed by atoms with Gasteiger partial charge in [-0.05, 0) is 62.2 Å². The Morgan fingerprint density at radius 1 is 0.833 bits per heavy atom. The van der Waals surface area contributed by atoms with Crippen LogP contribution in [0.2, 0.25) is 0 Å². The maximum absolute atomic E-state index is 12.3. The minimum absolute atomic E-state index is 0.350. The van der Waals surface area contributed by atoms with Crippen molar-refractivity contribution in [3.05, 3.63) is 0 Å². The lowest BCUT2D eigenvalue weighted by Gasteiger charge is -2.32. The molecule has 2 heteroatoms. The Bertz CT molecular complexity index is 347. The molecular weight excluding hydrogens is 222 g/mol. The smallest absolute Gasteiger partial charge is 0.223 e. The van der Waals surface area contributed by atoms with Gasteiger partial charge in [-0.25, -0.2) is 0 Å². The van der Waals surface area contributed by atoms with Crippen molar-refractivity contribution in [3.8, 4) is 0 Å². The normalized spacial score (nSPS) is 46.6. The van der Waals surface area contributed by atoms with Gasteiger partial charge in [-0.15, -0.1) is 0 Å². The van der Waals surface area contributed by atoms with E-state index in [2.05, 4.69) is 5.32 Å². The highest BCUT2D eigenvalue weighted by Crippen LogP contribution is 2.58. The molecule has 0 heterocycles. The second-order valence-electron chi connectivity index (χ2n) is 7.25. The van der Waals surface area contributed by atoms with Crippen LogP contribution in [-0.2, 0) is 4.79 Å². The molecule has 0 saturated heterocycles. The van der Waals surface area contributed by atoms with Crippen LogP contribution in [0.4, 0.5) is 0 Å². The fraction of sp³-hybridized carbons (Fsp3) is 0.938. The van der Waals surface area contributed by atoms with Crippen molar-refractivity contribution in [2.45, 2.75) is 63.8 Å². The van der Waals surface area contributed by atoms with Crippen molar-refractivity contribution in [1.82, 2.24) is 5.32 Å². The first-order valence-corrected chi connectivity index (χ1v) is 8.13. The monoisotopic (exact) mass is 247 g/mol. The average Bonchev–Trinajstić information content (AvgIpc) is 3.11. The van der Waals surface area contributed by atoms with Gasteiger partial charge in [0, 0.05) is 12.0 Å². The van der Waals surface area contributed by atoms with Crippen molar-refractivity contribution in [2.24, 2.45) is 29.6 Å². The van der Waals surface area contributed by atoms with E-state index in [1.54, 1.807) is 0 Å². The van der Waals surface area contributed by atoms with E-state index in [1.807, 2.05) is 0 Å². The Labute approximate surface area is 110 Å². The lowest BCUT2D eigenvalue weighted by atomic mass is 9.79. The first kappa shape index (κ1) is 11.3. The third kappa shape index (κ3) is 1.64. The average molecular weight is 247 g/mol. The van der Waals surface area contributed by atoms with Gasteiger partial charge < -0.3 is 5.32 Å². The lowest BCUT2D eigenvalue weighted by Crippen LogP contribution is -2.44. The molecule has 0 aromatic carbocycles. The molecule has 4 saturated carbocycles. The predicted octanol–water partition coefficient (Wildman–Crippen LogP) is 3.12. The SMILES string of the molecule is O=C(N[C@@H]1C[C@H]2C[C@H]1[C@H]1CCC[C@H]21)C1CCCC1. The molecule has 4 aliphatic rings. The molecule has 100 valence electrons. The van der Waals surface area contributed by atoms with Gasteiger partial charge >= 0.3 is 0 Å². The molecule has 18 heavy (non-hydrogen) atoms. The van der Waals surface area contributed by atoms with Crippen molar-refractivity contribution < 1.29 is 4.79 Å². The Morgan fingerprint density at radius 3 is 2.44 bits per heavy atom. The summed E-state index contributed by atoms with van der Waals surface area (Å²) in [6, 6.07) is 0.544. The highest BCUT2D eigenvalue weighted by atomic mass is 16.1. The van der Waals surface area contributed by atoms with Gasteiger partial charge in [0.05, 0.1) is 0 Å². The van der Waals surface area contributed by atoms with Crippen molar-refractivity contribution in [2.75, 3.05) is 0 Å². The predicted molar refractivity (Wildman–Crippen MR) is 70.9 cm³/mol. The van der Waals surface area contributed by atoms with Crippen molar-refractivity contribution in [1.29, 1.82) is 0 Å². The van der Waals surface area contributed by atoms with Crippen LogP contribution in [0.1, 0.15) is 57.8 Å². The lowest BCUT2D eigenvalue weighted by molar-refractivity contribution is -0.126. The molecule has 5 atom stereocenters. The van der Waals surface area contributed by atoms with Crippen LogP contribution < -0.4 is 5.32 Å². The van der Waals surface area contributed by atoms with E-state index in [0.29, 0.717) is 17.9 Å². The molecule has 0 aliphatic heterocycles. The number of nitrogens with one attached hydrogen (secondary N) is 1. The molecule has 0 aromatic heterocycles. The van der Waals surface area contributed by atoms with Crippen LogP contribution in [0, 0.1) is 29.6 Å². The summed E-state index contributed by atoms with van der Waals surface area (Å²) in [6.45, 7) is 0. The number of carbonyl (C=O) groups excluding carboxylic acids is 1. The third-order valence-corrected chi connectivity index (χ3v) is 6.48. The summed E-state index contributed by atoms with van der Waals surface area (Å²) in [5.41, 5.74) is 0. The molecule has 4 rings (SSSR count). The highest BCUT2D eigenvalue weighted by molar-refractivity contribution is 5.79. The van der Waals surface area contributed by atoms with Gasteiger partial charge in [-0.2, -0.15) is 0 Å². The summed E-state index contributed by atoms with van der Waals surface area (Å²) in [5.74, 6) is 4.54. The molecule has 0 unspecified atom stereocenters. The topological polar surface area (TPSA) is 29.1 Å². The van der Waals surface area contributed by atoms with E-state index in [0.717, 1.165) is 36.5 Å². The minimum Gasteiger partial charge on any atom is -0.353 e. The number of hydrogen-bond donors (Lipinski definition) is 1. The first-order chi connectivity index (χ1) is 8.83. The summed E-state index contributed by atoms with van der Waals surface area (Å²) < 4.78 is 0. The quantitative estimate of drug-likeness (QED) is 0.798. The Balaban J connectivity index is 1.40. The number of carbonyl (C=O) groups is 1. The van der Waals surface area contributed by atoms with Crippen LogP contribution in [0.5, 0.6) is 0 Å². The molecular formula is C16H25NO. The summed E-state index contributed by atoms with van der Waals surface area (Å²) in [6.07, 6.45) is 11.9. The molecule has 0 aromatic rings. The van der Waals surface area contributed by atoms with Crippen LogP contribution in [0.25, 0.3) is 0 Å². The number of fused-ring (bicyclic) bond motifs is 5. The number of amides is 1. The van der Waals surface area contributed by atoms with Crippen molar-refractivity contribution >= 4 is 5.91 Å². The van der Waals surface area contributed by atoms with E-state index < -0.39 is 0 Å². The zero-order chi connectivity index (χ0) is 12.1. The fourth-order valence-corrected chi connectivity index (χ4v) is 5.72. The van der Waals surface area contributed by atoms with Crippen LogP contribution in [-0.4, -0.2) is 11.9 Å². The van der Waals surface area contributed by atoms with Crippen LogP contribution in [0.15, 0.2) is 0 Å². The molecule has 0 radical (unpaired) electrons. The van der Waals surface area contributed by atoms with Gasteiger partial charge in [0.1, 0.15) is 0 Å². The standard InChI is InChI=1S/C16H25NO/c18-16(10-4-1-2-5-10)17-15-9-11-8-14(15)13-7-3-6-12(11)13/h10-15H,1-9H2,(H,17,18)/t11-,12-,13+,14+,15-/m1/s1. The van der Waals surface area contributed by atoms with Gasteiger partial charge in [0.15, 0.2) is 0 Å². The summed E-state index contributed by atoms with van der Waals surface area (Å²) in [4.78, 5) is 12.3. The van der Waals surface area contributed by atoms with E-state index in [4.69, 9.17) is 0 Å². The van der Waals surface area contributed by atoms with Gasteiger partial charge in [-0.3, -0.25) is 4.79 Å². The van der Waals surface area contributed by atoms with E-state index in [-0.39, 0.29) is 0 Å². The zero-order valence-corrected chi connectivity index (χ0v) is 11.2. The largest absolute Gasteiger partial charge is 0.353 e. The van der Waals surface area contributed by atoms with Gasteiger partial charge in [0.2, 0.25) is 5.91 Å². The zero-order valence-electron chi connectivity index (χ0n) is 11.2. The Kier molecular flexibility index (Phi) is 2.67. The second-order valence-corrected chi connectivity index (χ2v) is 7.25. The minimum atomic E-state index is 0.350. The van der Waals surface area contributed by atoms with E-state index >= 15 is 0 Å². The van der Waals surface area contributed by atoms with Crippen LogP contribution >= 0.6 is 0 Å². The summed E-state index contributed by atoms with van der Waals surface area (Å²) >= 11 is 0. The van der Waals surface area contributed by atoms with E-state index in [1.165, 1.54) is 44.9 Å². The van der Waals surface area contributed by atoms with Crippen molar-refractivity contribution in [3.63, 3.8) is 0 Å². The Morgan fingerprint density at radius 2 is 1.61 bits per heavy atom. The highest BCUT2D eigenvalue weighted by Gasteiger charge is 2.54. The fourth-order valence-electron chi connectivity index (χ4n) is 5.72. The summed E-state index contributed by atoms with van der Waals surface area (Å²) in [5, 5.41) is 3.43. The van der Waals surface area contributed by atoms with Gasteiger partial charge in [-0.1, -0.05) is 19.3 Å². The molecule has 2 nitrogen and oxygen atoms in total.